The van der Waals surface area contributed by atoms with E-state index in [0.717, 1.165) is 160 Å². The molecule has 20 heteroatoms. The number of hydrogen-bond donors (Lipinski definition) is 4. The molecule has 4 atom stereocenters. The zero-order valence-electron chi connectivity index (χ0n) is 57.5. The van der Waals surface area contributed by atoms with Crippen LogP contribution in [0, 0.1) is 23.7 Å². The Labute approximate surface area is 549 Å². The van der Waals surface area contributed by atoms with E-state index in [-0.39, 0.29) is 29.8 Å². The van der Waals surface area contributed by atoms with Gasteiger partial charge in [0.25, 0.3) is 0 Å². The Hall–Kier alpha value is -2.27. The molecule has 1 aliphatic heterocycles. The number of carbonyl (C=O) groups is 5. The van der Waals surface area contributed by atoms with Gasteiger partial charge in [-0.2, -0.15) is 0 Å². The molecule has 0 amide bonds. The van der Waals surface area contributed by atoms with Crippen molar-refractivity contribution in [1.29, 1.82) is 0 Å². The average molecular weight is 1310 g/mol. The molecular weight excluding hydrogens is 1170 g/mol. The first kappa shape index (κ1) is 84.7. The lowest BCUT2D eigenvalue weighted by atomic mass is 10.1. The summed E-state index contributed by atoms with van der Waals surface area (Å²) in [5.41, 5.74) is 0. The molecule has 4 N–H and O–H groups in total. The predicted octanol–water partition coefficient (Wildman–Crippen LogP) is 11.7. The van der Waals surface area contributed by atoms with Crippen LogP contribution in [0.3, 0.4) is 0 Å². The summed E-state index contributed by atoms with van der Waals surface area (Å²) in [6.07, 6.45) is 18.8. The van der Waals surface area contributed by atoms with Crippen LogP contribution in [0.5, 0.6) is 0 Å². The molecule has 1 saturated heterocycles. The van der Waals surface area contributed by atoms with Crippen LogP contribution in [0.4, 0.5) is 0 Å². The Bertz CT molecular complexity index is 1640. The van der Waals surface area contributed by atoms with E-state index in [1.807, 2.05) is 21.6 Å². The second kappa shape index (κ2) is 57.2. The molecule has 1 aliphatic rings. The highest BCUT2D eigenvalue weighted by molar-refractivity contribution is 8.76. The lowest BCUT2D eigenvalue weighted by Crippen LogP contribution is -2.47. The molecule has 524 valence electrons. The first-order chi connectivity index (χ1) is 42.7. The largest absolute Gasteiger partial charge is 0.466 e. The first-order valence-corrected chi connectivity index (χ1v) is 37.8. The quantitative estimate of drug-likeness (QED) is 0.0192. The van der Waals surface area contributed by atoms with Gasteiger partial charge in [-0.05, 0) is 139 Å². The summed E-state index contributed by atoms with van der Waals surface area (Å²) < 4.78 is 27.0. The number of rotatable bonds is 61. The van der Waals surface area contributed by atoms with Crippen LogP contribution in [-0.2, 0) is 47.7 Å². The van der Waals surface area contributed by atoms with E-state index in [1.54, 1.807) is 0 Å². The van der Waals surface area contributed by atoms with Crippen molar-refractivity contribution >= 4 is 51.4 Å². The Kier molecular flexibility index (Phi) is 54.5. The summed E-state index contributed by atoms with van der Waals surface area (Å²) in [6.45, 7) is 27.9. The number of hydrogen-bond acceptors (Lipinski definition) is 20. The molecule has 0 aliphatic carbocycles. The summed E-state index contributed by atoms with van der Waals surface area (Å²) in [7, 11) is 3.81. The number of carbonyl (C=O) groups excluding carboxylic acids is 5. The van der Waals surface area contributed by atoms with Gasteiger partial charge in [0.05, 0.1) is 50.8 Å². The standard InChI is InChI=1S/C69H132N4O14S2/c1-57(2)34-46-83-65(78)29-15-11-9-13-25-61(74)53-72(54-62(75)26-14-10-12-16-30-66(79)84-47-35-58(3)4)38-22-21-33-69(82)87-50-44-70-40-42-71(43-41-70)45-52-89-88-51-24-23-39-73(55-63(76)27-17-19-31-67(80)85-48-36-59(5)6)56-64(77)28-18-20-32-68(81)86-49-37-60(7)8/h57-64,74-77H,9-56H2,1-8H3. The lowest BCUT2D eigenvalue weighted by molar-refractivity contribution is -0.145. The van der Waals surface area contributed by atoms with E-state index < -0.39 is 24.4 Å². The molecule has 89 heavy (non-hydrogen) atoms. The summed E-state index contributed by atoms with van der Waals surface area (Å²) in [6, 6.07) is 0. The highest BCUT2D eigenvalue weighted by Crippen LogP contribution is 2.23. The number of esters is 5. The maximum absolute atomic E-state index is 12.8. The van der Waals surface area contributed by atoms with Gasteiger partial charge in [-0.1, -0.05) is 128 Å². The SMILES string of the molecule is CC(C)CCOC(=O)CCCCCCC(O)CN(CCCCC(=O)OCCN1CCN(CCSSCCCCN(CC(O)CCCCC(=O)OCCC(C)C)CC(O)CCCCC(=O)OCCC(C)C)CC1)CC(O)CCCCCCC(=O)OCCC(C)C. The number of ether oxygens (including phenoxy) is 5. The third kappa shape index (κ3) is 55.9. The Balaban J connectivity index is 2.43. The minimum Gasteiger partial charge on any atom is -0.466 e. The minimum absolute atomic E-state index is 0.138. The molecule has 1 heterocycles. The molecule has 0 radical (unpaired) electrons. The van der Waals surface area contributed by atoms with E-state index in [4.69, 9.17) is 23.7 Å². The van der Waals surface area contributed by atoms with Gasteiger partial charge in [0.1, 0.15) is 6.61 Å². The summed E-state index contributed by atoms with van der Waals surface area (Å²) in [4.78, 5) is 70.3. The second-order valence-corrected chi connectivity index (χ2v) is 29.6. The Morgan fingerprint density at radius 2 is 0.607 bits per heavy atom. The Morgan fingerprint density at radius 1 is 0.337 bits per heavy atom. The van der Waals surface area contributed by atoms with Crippen molar-refractivity contribution in [3.8, 4) is 0 Å². The van der Waals surface area contributed by atoms with Crippen LogP contribution >= 0.6 is 21.6 Å². The van der Waals surface area contributed by atoms with E-state index in [2.05, 4.69) is 75.0 Å². The zero-order chi connectivity index (χ0) is 65.7. The van der Waals surface area contributed by atoms with Crippen molar-refractivity contribution in [3.05, 3.63) is 0 Å². The Morgan fingerprint density at radius 3 is 0.955 bits per heavy atom. The van der Waals surface area contributed by atoms with Crippen molar-refractivity contribution < 1.29 is 68.1 Å². The smallest absolute Gasteiger partial charge is 0.305 e. The molecule has 0 bridgehead atoms. The van der Waals surface area contributed by atoms with Gasteiger partial charge in [0.15, 0.2) is 0 Å². The van der Waals surface area contributed by atoms with Crippen LogP contribution in [0.15, 0.2) is 0 Å². The molecule has 1 rings (SSSR count). The summed E-state index contributed by atoms with van der Waals surface area (Å²) >= 11 is 0. The van der Waals surface area contributed by atoms with Crippen LogP contribution in [0.25, 0.3) is 0 Å². The van der Waals surface area contributed by atoms with Gasteiger partial charge in [0, 0.05) is 109 Å². The van der Waals surface area contributed by atoms with Crippen molar-refractivity contribution in [2.75, 3.05) is 123 Å². The maximum atomic E-state index is 12.8. The van der Waals surface area contributed by atoms with Gasteiger partial charge >= 0.3 is 29.8 Å². The monoisotopic (exact) mass is 1300 g/mol. The molecule has 4 unspecified atom stereocenters. The fourth-order valence-corrected chi connectivity index (χ4v) is 12.5. The van der Waals surface area contributed by atoms with Gasteiger partial charge in [-0.25, -0.2) is 0 Å². The number of aliphatic hydroxyl groups excluding tert-OH is 4. The highest BCUT2D eigenvalue weighted by Gasteiger charge is 2.21. The van der Waals surface area contributed by atoms with Crippen molar-refractivity contribution in [3.63, 3.8) is 0 Å². The van der Waals surface area contributed by atoms with Crippen LogP contribution in [0.2, 0.25) is 0 Å². The molecule has 0 aromatic rings. The maximum Gasteiger partial charge on any atom is 0.305 e. The van der Waals surface area contributed by atoms with Crippen LogP contribution < -0.4 is 0 Å². The van der Waals surface area contributed by atoms with E-state index in [1.165, 1.54) is 0 Å². The van der Waals surface area contributed by atoms with Gasteiger partial charge in [-0.3, -0.25) is 43.6 Å². The van der Waals surface area contributed by atoms with Gasteiger partial charge < -0.3 is 44.1 Å². The fraction of sp³-hybridized carbons (Fsp3) is 0.928. The van der Waals surface area contributed by atoms with Gasteiger partial charge in [0.2, 0.25) is 0 Å². The number of nitrogens with zero attached hydrogens (tertiary/aromatic N) is 4. The molecule has 1 fully saturated rings. The molecule has 18 nitrogen and oxygen atoms in total. The zero-order valence-corrected chi connectivity index (χ0v) is 59.2. The minimum atomic E-state index is -0.551. The van der Waals surface area contributed by atoms with Crippen molar-refractivity contribution in [2.45, 2.75) is 266 Å². The fourth-order valence-electron chi connectivity index (χ4n) is 10.3. The molecule has 0 saturated carbocycles. The van der Waals surface area contributed by atoms with E-state index >= 15 is 0 Å². The van der Waals surface area contributed by atoms with E-state index in [9.17, 15) is 44.4 Å². The van der Waals surface area contributed by atoms with Crippen LogP contribution in [0.1, 0.15) is 242 Å². The normalized spacial score (nSPS) is 14.7. The third-order valence-electron chi connectivity index (χ3n) is 16.1. The lowest BCUT2D eigenvalue weighted by Gasteiger charge is -2.34. The predicted molar refractivity (Wildman–Crippen MR) is 363 cm³/mol. The van der Waals surface area contributed by atoms with Crippen molar-refractivity contribution in [2.24, 2.45) is 23.7 Å². The molecule has 0 aromatic carbocycles. The molecular formula is C69H132N4O14S2. The topological polar surface area (TPSA) is 225 Å². The van der Waals surface area contributed by atoms with Crippen LogP contribution in [-0.4, -0.2) is 217 Å². The average Bonchev–Trinajstić information content (AvgIpc) is 3.67. The highest BCUT2D eigenvalue weighted by atomic mass is 33.1. The van der Waals surface area contributed by atoms with Gasteiger partial charge in [-0.15, -0.1) is 0 Å². The second-order valence-electron chi connectivity index (χ2n) is 26.9. The number of aliphatic hydroxyl groups is 4. The summed E-state index contributed by atoms with van der Waals surface area (Å²) in [5.74, 6) is 3.21. The number of piperazine rings is 1. The molecule has 0 aromatic heterocycles. The van der Waals surface area contributed by atoms with Crippen molar-refractivity contribution in [1.82, 2.24) is 19.6 Å². The first-order valence-electron chi connectivity index (χ1n) is 35.3. The summed E-state index contributed by atoms with van der Waals surface area (Å²) in [5, 5.41) is 44.1. The third-order valence-corrected chi connectivity index (χ3v) is 18.6. The van der Waals surface area contributed by atoms with E-state index in [0.29, 0.717) is 173 Å². The molecule has 0 spiro atoms. The number of unbranched alkanes of at least 4 members (excludes halogenated alkanes) is 10.